The molecule has 0 aromatic heterocycles. The molecular formula is C26H26FN. The van der Waals surface area contributed by atoms with Gasteiger partial charge in [0, 0.05) is 5.56 Å². The van der Waals surface area contributed by atoms with E-state index < -0.39 is 5.82 Å². The third-order valence-electron chi connectivity index (χ3n) is 5.39. The van der Waals surface area contributed by atoms with Crippen LogP contribution in [0.25, 0.3) is 0 Å². The first-order valence-electron chi connectivity index (χ1n) is 10.2. The lowest BCUT2D eigenvalue weighted by Gasteiger charge is -2.20. The number of unbranched alkanes of at least 4 members (excludes halogenated alkanes) is 2. The van der Waals surface area contributed by atoms with Crippen molar-refractivity contribution in [1.82, 2.24) is 0 Å². The lowest BCUT2D eigenvalue weighted by atomic mass is 9.84. The summed E-state index contributed by atoms with van der Waals surface area (Å²) in [7, 11) is 0. The molecule has 3 rings (SSSR count). The fourth-order valence-electron chi connectivity index (χ4n) is 3.62. The van der Waals surface area contributed by atoms with Crippen molar-refractivity contribution in [1.29, 1.82) is 5.26 Å². The van der Waals surface area contributed by atoms with Gasteiger partial charge < -0.3 is 0 Å². The predicted molar refractivity (Wildman–Crippen MR) is 112 cm³/mol. The van der Waals surface area contributed by atoms with Gasteiger partial charge in [-0.2, -0.15) is 5.26 Å². The van der Waals surface area contributed by atoms with Crippen molar-refractivity contribution in [2.75, 3.05) is 0 Å². The lowest BCUT2D eigenvalue weighted by Crippen LogP contribution is -2.04. The van der Waals surface area contributed by atoms with Gasteiger partial charge in [0.25, 0.3) is 0 Å². The molecular weight excluding hydrogens is 345 g/mol. The number of halogens is 1. The van der Waals surface area contributed by atoms with Crippen molar-refractivity contribution in [2.24, 2.45) is 0 Å². The largest absolute Gasteiger partial charge is 0.206 e. The normalized spacial score (nSPS) is 15.9. The van der Waals surface area contributed by atoms with Crippen molar-refractivity contribution in [3.05, 3.63) is 82.2 Å². The van der Waals surface area contributed by atoms with Gasteiger partial charge in [0.1, 0.15) is 11.9 Å². The molecule has 0 saturated heterocycles. The average molecular weight is 371 g/mol. The Hall–Kier alpha value is -2.84. The van der Waals surface area contributed by atoms with E-state index in [1.54, 1.807) is 6.07 Å². The molecule has 1 aliphatic rings. The predicted octanol–water partition coefficient (Wildman–Crippen LogP) is 6.68. The number of hydrogen-bond donors (Lipinski definition) is 0. The smallest absolute Gasteiger partial charge is 0.142 e. The summed E-state index contributed by atoms with van der Waals surface area (Å²) in [5, 5.41) is 8.79. The Morgan fingerprint density at radius 1 is 1.07 bits per heavy atom. The van der Waals surface area contributed by atoms with Crippen LogP contribution in [-0.4, -0.2) is 0 Å². The molecule has 1 aliphatic carbocycles. The first kappa shape index (κ1) is 19.9. The van der Waals surface area contributed by atoms with Crippen molar-refractivity contribution in [3.8, 4) is 17.9 Å². The number of aryl methyl sites for hydroxylation is 1. The van der Waals surface area contributed by atoms with Crippen LogP contribution in [0, 0.1) is 29.0 Å². The first-order valence-corrected chi connectivity index (χ1v) is 10.2. The minimum absolute atomic E-state index is 0.0571. The van der Waals surface area contributed by atoms with Crippen molar-refractivity contribution in [2.45, 2.75) is 57.8 Å². The fourth-order valence-corrected chi connectivity index (χ4v) is 3.62. The first-order chi connectivity index (χ1) is 13.7. The number of benzene rings is 2. The van der Waals surface area contributed by atoms with Gasteiger partial charge in [0.05, 0.1) is 5.56 Å². The van der Waals surface area contributed by atoms with E-state index in [-0.39, 0.29) is 5.56 Å². The molecule has 0 spiro atoms. The van der Waals surface area contributed by atoms with Crippen molar-refractivity contribution in [3.63, 3.8) is 0 Å². The topological polar surface area (TPSA) is 23.8 Å². The zero-order valence-electron chi connectivity index (χ0n) is 16.5. The van der Waals surface area contributed by atoms with Crippen LogP contribution < -0.4 is 0 Å². The maximum Gasteiger partial charge on any atom is 0.142 e. The summed E-state index contributed by atoms with van der Waals surface area (Å²) in [6.45, 7) is 2.24. The highest BCUT2D eigenvalue weighted by Crippen LogP contribution is 2.32. The second kappa shape index (κ2) is 9.91. The summed E-state index contributed by atoms with van der Waals surface area (Å²) < 4.78 is 13.7. The van der Waals surface area contributed by atoms with E-state index in [4.69, 9.17) is 5.26 Å². The van der Waals surface area contributed by atoms with Crippen molar-refractivity contribution >= 4 is 0 Å². The van der Waals surface area contributed by atoms with E-state index >= 15 is 0 Å². The number of nitrogens with zero attached hydrogens (tertiary/aromatic N) is 1. The van der Waals surface area contributed by atoms with E-state index in [9.17, 15) is 4.39 Å². The molecule has 0 N–H and O–H groups in total. The highest BCUT2D eigenvalue weighted by atomic mass is 19.1. The minimum Gasteiger partial charge on any atom is -0.206 e. The van der Waals surface area contributed by atoms with Gasteiger partial charge in [0.15, 0.2) is 0 Å². The van der Waals surface area contributed by atoms with E-state index in [0.717, 1.165) is 24.8 Å². The van der Waals surface area contributed by atoms with Crippen LogP contribution in [0.15, 0.2) is 54.1 Å². The van der Waals surface area contributed by atoms with Crippen LogP contribution >= 0.6 is 0 Å². The summed E-state index contributed by atoms with van der Waals surface area (Å²) in [6, 6.07) is 15.5. The quantitative estimate of drug-likeness (QED) is 0.425. The maximum absolute atomic E-state index is 13.7. The Labute approximate surface area is 167 Å². The molecule has 1 unspecified atom stereocenters. The molecule has 2 aromatic carbocycles. The number of hydrogen-bond acceptors (Lipinski definition) is 1. The fraction of sp³-hybridized carbons (Fsp3) is 0.346. The summed E-state index contributed by atoms with van der Waals surface area (Å²) in [6.07, 6.45) is 10.3. The van der Waals surface area contributed by atoms with Gasteiger partial charge >= 0.3 is 0 Å². The molecule has 2 aromatic rings. The monoisotopic (exact) mass is 371 g/mol. The second-order valence-corrected chi connectivity index (χ2v) is 7.46. The SMILES string of the molecule is CCCCCc1ccc(C2CC=C(C#Cc3ccc(C#N)c(F)c3)CC2)cc1. The number of rotatable bonds is 5. The third kappa shape index (κ3) is 5.34. The van der Waals surface area contributed by atoms with Gasteiger partial charge in [-0.1, -0.05) is 61.9 Å². The standard InChI is InChI=1S/C26H26FN/c1-2-3-4-5-20-8-13-23(14-9-20)24-15-10-21(11-16-24)6-7-22-12-17-25(19-28)26(27)18-22/h8-10,12-14,17-18,24H,2-5,11,15-16H2,1H3. The highest BCUT2D eigenvalue weighted by molar-refractivity contribution is 5.45. The Morgan fingerprint density at radius 3 is 2.54 bits per heavy atom. The molecule has 0 fully saturated rings. The molecule has 28 heavy (non-hydrogen) atoms. The maximum atomic E-state index is 13.7. The summed E-state index contributed by atoms with van der Waals surface area (Å²) >= 11 is 0. The Balaban J connectivity index is 1.59. The molecule has 2 heteroatoms. The van der Waals surface area contributed by atoms with Gasteiger partial charge in [0.2, 0.25) is 0 Å². The van der Waals surface area contributed by atoms with Crippen LogP contribution in [-0.2, 0) is 6.42 Å². The van der Waals surface area contributed by atoms with Gasteiger partial charge in [-0.25, -0.2) is 4.39 Å². The lowest BCUT2D eigenvalue weighted by molar-refractivity contribution is 0.607. The van der Waals surface area contributed by atoms with E-state index in [1.165, 1.54) is 48.9 Å². The Kier molecular flexibility index (Phi) is 7.05. The van der Waals surface area contributed by atoms with Gasteiger partial charge in [-0.3, -0.25) is 0 Å². The Morgan fingerprint density at radius 2 is 1.89 bits per heavy atom. The number of allylic oxidation sites excluding steroid dienone is 2. The van der Waals surface area contributed by atoms with Crippen LogP contribution in [0.4, 0.5) is 4.39 Å². The molecule has 1 atom stereocenters. The molecule has 0 saturated carbocycles. The van der Waals surface area contributed by atoms with E-state index in [2.05, 4.69) is 49.1 Å². The highest BCUT2D eigenvalue weighted by Gasteiger charge is 2.15. The van der Waals surface area contributed by atoms with E-state index in [0.29, 0.717) is 11.5 Å². The number of nitriles is 1. The summed E-state index contributed by atoms with van der Waals surface area (Å²) in [4.78, 5) is 0. The Bertz CT molecular complexity index is 935. The van der Waals surface area contributed by atoms with Crippen LogP contribution in [0.5, 0.6) is 0 Å². The average Bonchev–Trinajstić information content (AvgIpc) is 2.73. The molecule has 0 amide bonds. The minimum atomic E-state index is -0.509. The molecule has 0 radical (unpaired) electrons. The molecule has 0 heterocycles. The van der Waals surface area contributed by atoms with Gasteiger partial charge in [-0.15, -0.1) is 0 Å². The molecule has 0 bridgehead atoms. The van der Waals surface area contributed by atoms with Crippen LogP contribution in [0.1, 0.15) is 73.6 Å². The summed E-state index contributed by atoms with van der Waals surface area (Å²) in [5.41, 5.74) is 4.64. The zero-order valence-corrected chi connectivity index (χ0v) is 16.5. The van der Waals surface area contributed by atoms with E-state index in [1.807, 2.05) is 6.07 Å². The second-order valence-electron chi connectivity index (χ2n) is 7.46. The molecule has 0 aliphatic heterocycles. The third-order valence-corrected chi connectivity index (χ3v) is 5.39. The van der Waals surface area contributed by atoms with Crippen LogP contribution in [0.3, 0.4) is 0 Å². The zero-order chi connectivity index (χ0) is 19.8. The van der Waals surface area contributed by atoms with Crippen molar-refractivity contribution < 1.29 is 4.39 Å². The molecule has 142 valence electrons. The summed E-state index contributed by atoms with van der Waals surface area (Å²) in [5.74, 6) is 6.25. The molecule has 1 nitrogen and oxygen atoms in total. The van der Waals surface area contributed by atoms with Crippen LogP contribution in [0.2, 0.25) is 0 Å². The van der Waals surface area contributed by atoms with Gasteiger partial charge in [-0.05, 0) is 72.9 Å².